The van der Waals surface area contributed by atoms with Gasteiger partial charge in [0.1, 0.15) is 5.75 Å². The largest absolute Gasteiger partial charge is 0.507 e. The Labute approximate surface area is 161 Å². The fraction of sp³-hybridized carbons (Fsp3) is 0.263. The number of nitrogens with zero attached hydrogens (tertiary/aromatic N) is 1. The summed E-state index contributed by atoms with van der Waals surface area (Å²) in [5.41, 5.74) is 0.632. The summed E-state index contributed by atoms with van der Waals surface area (Å²) in [6, 6.07) is 11.2. The monoisotopic (exact) mass is 392 g/mol. The number of para-hydroxylation sites is 1. The molecule has 0 aliphatic carbocycles. The van der Waals surface area contributed by atoms with E-state index >= 15 is 0 Å². The second-order valence-electron chi connectivity index (χ2n) is 6.18. The van der Waals surface area contributed by atoms with Crippen LogP contribution in [-0.4, -0.2) is 41.0 Å². The Bertz CT molecular complexity index is 833. The van der Waals surface area contributed by atoms with Crippen LogP contribution >= 0.6 is 23.2 Å². The number of amides is 2. The average Bonchev–Trinajstić information content (AvgIpc) is 2.64. The lowest BCUT2D eigenvalue weighted by molar-refractivity contribution is 0.0698. The van der Waals surface area contributed by atoms with Gasteiger partial charge in [-0.3, -0.25) is 9.59 Å². The van der Waals surface area contributed by atoms with Gasteiger partial charge in [-0.2, -0.15) is 0 Å². The molecule has 2 N–H and O–H groups in total. The van der Waals surface area contributed by atoms with Crippen LogP contribution in [0.4, 0.5) is 0 Å². The first-order chi connectivity index (χ1) is 12.5. The van der Waals surface area contributed by atoms with Gasteiger partial charge in [0, 0.05) is 24.2 Å². The predicted octanol–water partition coefficient (Wildman–Crippen LogP) is 3.73. The van der Waals surface area contributed by atoms with Crippen LogP contribution in [0.1, 0.15) is 33.6 Å². The van der Waals surface area contributed by atoms with Crippen molar-refractivity contribution in [2.24, 2.45) is 0 Å². The summed E-state index contributed by atoms with van der Waals surface area (Å²) in [5.74, 6) is -0.526. The summed E-state index contributed by atoms with van der Waals surface area (Å²) in [6.07, 6.45) is 1.26. The fourth-order valence-corrected chi connectivity index (χ4v) is 3.36. The van der Waals surface area contributed by atoms with Crippen LogP contribution in [0.2, 0.25) is 10.0 Å². The normalized spacial score (nSPS) is 14.9. The number of benzene rings is 2. The van der Waals surface area contributed by atoms with Crippen molar-refractivity contribution in [3.63, 3.8) is 0 Å². The third-order valence-corrected chi connectivity index (χ3v) is 4.99. The van der Waals surface area contributed by atoms with Gasteiger partial charge in [0.25, 0.3) is 11.8 Å². The summed E-state index contributed by atoms with van der Waals surface area (Å²) in [6.45, 7) is 1.01. The number of phenolic OH excluding ortho intramolecular Hbond substituents is 1. The highest BCUT2D eigenvalue weighted by Crippen LogP contribution is 2.24. The highest BCUT2D eigenvalue weighted by molar-refractivity contribution is 6.35. The summed E-state index contributed by atoms with van der Waals surface area (Å²) >= 11 is 12.1. The first-order valence-corrected chi connectivity index (χ1v) is 9.04. The van der Waals surface area contributed by atoms with E-state index in [9.17, 15) is 14.7 Å². The van der Waals surface area contributed by atoms with Crippen molar-refractivity contribution >= 4 is 35.0 Å². The van der Waals surface area contributed by atoms with Gasteiger partial charge in [-0.05, 0) is 43.2 Å². The molecule has 0 saturated carbocycles. The summed E-state index contributed by atoms with van der Waals surface area (Å²) in [4.78, 5) is 26.6. The first-order valence-electron chi connectivity index (χ1n) is 8.29. The zero-order chi connectivity index (χ0) is 18.7. The Balaban J connectivity index is 1.59. The molecule has 0 radical (unpaired) electrons. The highest BCUT2D eigenvalue weighted by Gasteiger charge is 2.26. The summed E-state index contributed by atoms with van der Waals surface area (Å²) < 4.78 is 0. The second kappa shape index (κ2) is 7.98. The van der Waals surface area contributed by atoms with E-state index in [4.69, 9.17) is 23.2 Å². The number of piperidine rings is 1. The maximum atomic E-state index is 12.6. The van der Waals surface area contributed by atoms with Crippen LogP contribution in [-0.2, 0) is 0 Å². The Kier molecular flexibility index (Phi) is 5.69. The average molecular weight is 393 g/mol. The third-order valence-electron chi connectivity index (χ3n) is 4.42. The molecule has 0 spiro atoms. The van der Waals surface area contributed by atoms with Gasteiger partial charge in [-0.25, -0.2) is 0 Å². The predicted molar refractivity (Wildman–Crippen MR) is 101 cm³/mol. The minimum Gasteiger partial charge on any atom is -0.507 e. The molecule has 7 heteroatoms. The van der Waals surface area contributed by atoms with Gasteiger partial charge in [0.2, 0.25) is 0 Å². The van der Waals surface area contributed by atoms with Gasteiger partial charge < -0.3 is 15.3 Å². The molecule has 1 heterocycles. The highest BCUT2D eigenvalue weighted by atomic mass is 35.5. The van der Waals surface area contributed by atoms with Gasteiger partial charge in [0.15, 0.2) is 0 Å². The summed E-state index contributed by atoms with van der Waals surface area (Å²) in [7, 11) is 0. The van der Waals surface area contributed by atoms with Crippen molar-refractivity contribution in [3.05, 3.63) is 63.6 Å². The standard InChI is InChI=1S/C19H18Cl2N2O3/c20-12-5-6-16(21)15(11-12)19(26)23-9-7-13(8-10-23)22-18(25)14-3-1-2-4-17(14)24/h1-6,11,13,24H,7-10H2,(H,22,25). The Morgan fingerprint density at radius 3 is 2.42 bits per heavy atom. The third kappa shape index (κ3) is 4.11. The minimum atomic E-state index is -0.314. The number of nitrogens with one attached hydrogen (secondary N) is 1. The van der Waals surface area contributed by atoms with E-state index in [1.54, 1.807) is 41.3 Å². The molecule has 0 aromatic heterocycles. The molecule has 0 atom stereocenters. The van der Waals surface area contributed by atoms with E-state index in [2.05, 4.69) is 5.32 Å². The van der Waals surface area contributed by atoms with E-state index < -0.39 is 0 Å². The SMILES string of the molecule is O=C(NC1CCN(C(=O)c2cc(Cl)ccc2Cl)CC1)c1ccccc1O. The van der Waals surface area contributed by atoms with Crippen LogP contribution in [0.25, 0.3) is 0 Å². The molecule has 3 rings (SSSR count). The van der Waals surface area contributed by atoms with Gasteiger partial charge in [-0.1, -0.05) is 35.3 Å². The number of carbonyl (C=O) groups excluding carboxylic acids is 2. The molecular formula is C19H18Cl2N2O3. The molecule has 1 aliphatic heterocycles. The molecule has 2 aromatic carbocycles. The number of halogens is 2. The number of hydrogen-bond donors (Lipinski definition) is 2. The topological polar surface area (TPSA) is 69.6 Å². The van der Waals surface area contributed by atoms with E-state index in [1.807, 2.05) is 0 Å². The van der Waals surface area contributed by atoms with Crippen LogP contribution in [0.3, 0.4) is 0 Å². The molecule has 1 aliphatic rings. The number of likely N-dealkylation sites (tertiary alicyclic amines) is 1. The number of hydrogen-bond acceptors (Lipinski definition) is 3. The van der Waals surface area contributed by atoms with Crippen LogP contribution in [0, 0.1) is 0 Å². The minimum absolute atomic E-state index is 0.0480. The van der Waals surface area contributed by atoms with E-state index in [0.717, 1.165) is 0 Å². The molecule has 1 saturated heterocycles. The van der Waals surface area contributed by atoms with Crippen molar-refractivity contribution in [1.82, 2.24) is 10.2 Å². The number of rotatable bonds is 3. The molecule has 0 bridgehead atoms. The number of carbonyl (C=O) groups is 2. The van der Waals surface area contributed by atoms with Crippen molar-refractivity contribution in [1.29, 1.82) is 0 Å². The molecule has 1 fully saturated rings. The first kappa shape index (κ1) is 18.5. The number of aromatic hydroxyl groups is 1. The van der Waals surface area contributed by atoms with E-state index in [1.165, 1.54) is 6.07 Å². The van der Waals surface area contributed by atoms with Gasteiger partial charge >= 0.3 is 0 Å². The van der Waals surface area contributed by atoms with Crippen molar-refractivity contribution < 1.29 is 14.7 Å². The van der Waals surface area contributed by atoms with Gasteiger partial charge in [-0.15, -0.1) is 0 Å². The number of phenols is 1. The molecule has 5 nitrogen and oxygen atoms in total. The maximum absolute atomic E-state index is 12.6. The second-order valence-corrected chi connectivity index (χ2v) is 7.02. The zero-order valence-electron chi connectivity index (χ0n) is 13.9. The van der Waals surface area contributed by atoms with Crippen LogP contribution < -0.4 is 5.32 Å². The van der Waals surface area contributed by atoms with Crippen molar-refractivity contribution in [2.45, 2.75) is 18.9 Å². The summed E-state index contributed by atoms with van der Waals surface area (Å²) in [5, 5.41) is 13.5. The Morgan fingerprint density at radius 1 is 1.04 bits per heavy atom. The molecular weight excluding hydrogens is 375 g/mol. The Morgan fingerprint density at radius 2 is 1.73 bits per heavy atom. The quantitative estimate of drug-likeness (QED) is 0.835. The lowest BCUT2D eigenvalue weighted by atomic mass is 10.0. The lowest BCUT2D eigenvalue weighted by Crippen LogP contribution is -2.46. The molecule has 136 valence electrons. The Hall–Kier alpha value is -2.24. The maximum Gasteiger partial charge on any atom is 0.255 e. The molecule has 2 aromatic rings. The van der Waals surface area contributed by atoms with Crippen LogP contribution in [0.15, 0.2) is 42.5 Å². The molecule has 0 unspecified atom stereocenters. The van der Waals surface area contributed by atoms with Crippen molar-refractivity contribution in [3.8, 4) is 5.75 Å². The lowest BCUT2D eigenvalue weighted by Gasteiger charge is -2.32. The smallest absolute Gasteiger partial charge is 0.255 e. The zero-order valence-corrected chi connectivity index (χ0v) is 15.4. The molecule has 26 heavy (non-hydrogen) atoms. The van der Waals surface area contributed by atoms with E-state index in [-0.39, 0.29) is 29.2 Å². The van der Waals surface area contributed by atoms with Crippen molar-refractivity contribution in [2.75, 3.05) is 13.1 Å². The van der Waals surface area contributed by atoms with Gasteiger partial charge in [0.05, 0.1) is 16.1 Å². The fourth-order valence-electron chi connectivity index (χ4n) is 2.99. The van der Waals surface area contributed by atoms with E-state index in [0.29, 0.717) is 41.5 Å². The van der Waals surface area contributed by atoms with Crippen LogP contribution in [0.5, 0.6) is 5.75 Å². The molecule has 2 amide bonds.